The molecule has 20 heavy (non-hydrogen) atoms. The Balaban J connectivity index is 2.30. The van der Waals surface area contributed by atoms with Gasteiger partial charge in [-0.15, -0.1) is 0 Å². The Morgan fingerprint density at radius 1 is 1.25 bits per heavy atom. The largest absolute Gasteiger partial charge is 0.307 e. The molecule has 0 saturated carbocycles. The van der Waals surface area contributed by atoms with Gasteiger partial charge in [0.25, 0.3) is 10.0 Å². The Morgan fingerprint density at radius 3 is 2.45 bits per heavy atom. The minimum absolute atomic E-state index is 0.0397. The van der Waals surface area contributed by atoms with Crippen molar-refractivity contribution in [3.8, 4) is 0 Å². The first-order chi connectivity index (χ1) is 9.42. The van der Waals surface area contributed by atoms with Gasteiger partial charge in [-0.25, -0.2) is 19.2 Å². The molecule has 0 atom stereocenters. The summed E-state index contributed by atoms with van der Waals surface area (Å²) >= 11 is 5.86. The molecule has 4 N–H and O–H groups in total. The average molecular weight is 313 g/mol. The second-order valence-corrected chi connectivity index (χ2v) is 6.21. The molecule has 0 aliphatic rings. The van der Waals surface area contributed by atoms with Gasteiger partial charge in [-0.05, 0) is 25.1 Å². The molecule has 1 aromatic carbocycles. The third kappa shape index (κ3) is 3.19. The lowest BCUT2D eigenvalue weighted by molar-refractivity contribution is 0.601. The van der Waals surface area contributed by atoms with Crippen molar-refractivity contribution in [2.75, 3.05) is 10.1 Å². The zero-order valence-electron chi connectivity index (χ0n) is 10.6. The van der Waals surface area contributed by atoms with Crippen molar-refractivity contribution < 1.29 is 8.42 Å². The molecule has 1 aromatic heterocycles. The number of sulfonamides is 1. The number of nitrogens with two attached hydrogens (primary N) is 1. The molecule has 0 radical (unpaired) electrons. The van der Waals surface area contributed by atoms with Crippen LogP contribution in [-0.2, 0) is 10.0 Å². The van der Waals surface area contributed by atoms with Crippen LogP contribution in [0.25, 0.3) is 0 Å². The molecule has 0 saturated heterocycles. The zero-order chi connectivity index (χ0) is 14.8. The van der Waals surface area contributed by atoms with E-state index in [1.807, 2.05) is 19.1 Å². The first kappa shape index (κ1) is 14.6. The first-order valence-corrected chi connectivity index (χ1v) is 7.50. The molecule has 2 aromatic rings. The maximum Gasteiger partial charge on any atom is 0.263 e. The van der Waals surface area contributed by atoms with Crippen LogP contribution in [0.2, 0.25) is 5.02 Å². The summed E-state index contributed by atoms with van der Waals surface area (Å²) in [6, 6.07) is 8.25. The summed E-state index contributed by atoms with van der Waals surface area (Å²) < 4.78 is 26.8. The van der Waals surface area contributed by atoms with Crippen LogP contribution in [0.1, 0.15) is 5.56 Å². The smallest absolute Gasteiger partial charge is 0.263 e. The van der Waals surface area contributed by atoms with Gasteiger partial charge < -0.3 is 5.43 Å². The summed E-state index contributed by atoms with van der Waals surface area (Å²) in [6.07, 6.45) is 1.18. The molecular weight excluding hydrogens is 300 g/mol. The van der Waals surface area contributed by atoms with Gasteiger partial charge in [0.05, 0.1) is 5.02 Å². The van der Waals surface area contributed by atoms with Gasteiger partial charge >= 0.3 is 0 Å². The number of hydrogen-bond acceptors (Lipinski definition) is 5. The standard InChI is InChI=1S/C12H13ClN4O2S/c1-8-2-4-9(5-3-8)17-20(18,19)10-6-11(13)12(16-14)15-7-10/h2-7,17H,14H2,1H3,(H,15,16). The van der Waals surface area contributed by atoms with Crippen LogP contribution < -0.4 is 16.0 Å². The number of hydrogen-bond donors (Lipinski definition) is 3. The van der Waals surface area contributed by atoms with Gasteiger partial charge in [0.15, 0.2) is 5.82 Å². The number of rotatable bonds is 4. The highest BCUT2D eigenvalue weighted by molar-refractivity contribution is 7.92. The van der Waals surface area contributed by atoms with Gasteiger partial charge in [0.2, 0.25) is 0 Å². The van der Waals surface area contributed by atoms with Crippen LogP contribution in [0, 0.1) is 6.92 Å². The van der Waals surface area contributed by atoms with Crippen LogP contribution in [0.3, 0.4) is 0 Å². The molecule has 0 aliphatic carbocycles. The van der Waals surface area contributed by atoms with E-state index in [1.54, 1.807) is 12.1 Å². The van der Waals surface area contributed by atoms with E-state index in [9.17, 15) is 8.42 Å². The second kappa shape index (κ2) is 5.66. The lowest BCUT2D eigenvalue weighted by atomic mass is 10.2. The number of aryl methyl sites for hydroxylation is 1. The summed E-state index contributed by atoms with van der Waals surface area (Å²) in [7, 11) is -3.74. The maximum absolute atomic E-state index is 12.2. The molecule has 106 valence electrons. The van der Waals surface area contributed by atoms with E-state index in [-0.39, 0.29) is 15.7 Å². The predicted molar refractivity (Wildman–Crippen MR) is 79.0 cm³/mol. The molecule has 1 heterocycles. The van der Waals surface area contributed by atoms with Crippen molar-refractivity contribution in [3.63, 3.8) is 0 Å². The van der Waals surface area contributed by atoms with Crippen molar-refractivity contribution in [1.82, 2.24) is 4.98 Å². The average Bonchev–Trinajstić information content (AvgIpc) is 2.41. The Morgan fingerprint density at radius 2 is 1.90 bits per heavy atom. The van der Waals surface area contributed by atoms with Crippen molar-refractivity contribution >= 4 is 33.1 Å². The molecule has 0 fully saturated rings. The second-order valence-electron chi connectivity index (χ2n) is 4.12. The van der Waals surface area contributed by atoms with Gasteiger partial charge in [-0.2, -0.15) is 0 Å². The number of benzene rings is 1. The Labute approximate surface area is 122 Å². The van der Waals surface area contributed by atoms with E-state index in [0.717, 1.165) is 5.56 Å². The normalized spacial score (nSPS) is 11.2. The number of pyridine rings is 1. The van der Waals surface area contributed by atoms with Crippen LogP contribution in [0.15, 0.2) is 41.4 Å². The summed E-state index contributed by atoms with van der Waals surface area (Å²) in [6.45, 7) is 1.92. The van der Waals surface area contributed by atoms with Crippen LogP contribution in [0.4, 0.5) is 11.5 Å². The lowest BCUT2D eigenvalue weighted by Crippen LogP contribution is -2.14. The van der Waals surface area contributed by atoms with Crippen LogP contribution >= 0.6 is 11.6 Å². The van der Waals surface area contributed by atoms with Crippen molar-refractivity contribution in [2.24, 2.45) is 5.84 Å². The minimum Gasteiger partial charge on any atom is -0.307 e. The molecule has 0 bridgehead atoms. The predicted octanol–water partition coefficient (Wildman–Crippen LogP) is 2.13. The highest BCUT2D eigenvalue weighted by atomic mass is 35.5. The van der Waals surface area contributed by atoms with Crippen molar-refractivity contribution in [2.45, 2.75) is 11.8 Å². The number of anilines is 2. The molecular formula is C12H13ClN4O2S. The molecule has 8 heteroatoms. The Hall–Kier alpha value is -1.83. The Kier molecular flexibility index (Phi) is 4.12. The molecule has 0 spiro atoms. The highest BCUT2D eigenvalue weighted by Gasteiger charge is 2.16. The van der Waals surface area contributed by atoms with Crippen molar-refractivity contribution in [3.05, 3.63) is 47.1 Å². The first-order valence-electron chi connectivity index (χ1n) is 5.64. The monoisotopic (exact) mass is 312 g/mol. The highest BCUT2D eigenvalue weighted by Crippen LogP contribution is 2.23. The summed E-state index contributed by atoms with van der Waals surface area (Å²) in [5.41, 5.74) is 3.78. The number of nitrogens with zero attached hydrogens (tertiary/aromatic N) is 1. The number of nitrogens with one attached hydrogen (secondary N) is 2. The zero-order valence-corrected chi connectivity index (χ0v) is 12.2. The fourth-order valence-electron chi connectivity index (χ4n) is 1.51. The molecule has 0 unspecified atom stereocenters. The third-order valence-electron chi connectivity index (χ3n) is 2.57. The quantitative estimate of drug-likeness (QED) is 0.593. The van der Waals surface area contributed by atoms with E-state index in [0.29, 0.717) is 5.69 Å². The van der Waals surface area contributed by atoms with E-state index in [1.165, 1.54) is 12.3 Å². The lowest BCUT2D eigenvalue weighted by Gasteiger charge is -2.09. The van der Waals surface area contributed by atoms with E-state index >= 15 is 0 Å². The van der Waals surface area contributed by atoms with Gasteiger partial charge in [0, 0.05) is 11.9 Å². The van der Waals surface area contributed by atoms with E-state index in [2.05, 4.69) is 15.1 Å². The van der Waals surface area contributed by atoms with E-state index in [4.69, 9.17) is 17.4 Å². The number of nitrogen functional groups attached to an aromatic ring is 1. The Bertz CT molecular complexity index is 717. The fourth-order valence-corrected chi connectivity index (χ4v) is 2.82. The maximum atomic E-state index is 12.2. The number of hydrazine groups is 1. The van der Waals surface area contributed by atoms with Crippen LogP contribution in [-0.4, -0.2) is 13.4 Å². The van der Waals surface area contributed by atoms with Gasteiger partial charge in [-0.3, -0.25) is 4.72 Å². The minimum atomic E-state index is -3.74. The van der Waals surface area contributed by atoms with E-state index < -0.39 is 10.0 Å². The number of aromatic nitrogens is 1. The molecule has 6 nitrogen and oxygen atoms in total. The topological polar surface area (TPSA) is 97.1 Å². The van der Waals surface area contributed by atoms with Crippen molar-refractivity contribution in [1.29, 1.82) is 0 Å². The van der Waals surface area contributed by atoms with Crippen LogP contribution in [0.5, 0.6) is 0 Å². The molecule has 0 amide bonds. The fraction of sp³-hybridized carbons (Fsp3) is 0.0833. The molecule has 0 aliphatic heterocycles. The van der Waals surface area contributed by atoms with Gasteiger partial charge in [-0.1, -0.05) is 29.3 Å². The molecule has 2 rings (SSSR count). The van der Waals surface area contributed by atoms with Gasteiger partial charge in [0.1, 0.15) is 4.90 Å². The third-order valence-corrected chi connectivity index (χ3v) is 4.20. The SMILES string of the molecule is Cc1ccc(NS(=O)(=O)c2cnc(NN)c(Cl)c2)cc1. The number of halogens is 1. The summed E-state index contributed by atoms with van der Waals surface area (Å²) in [4.78, 5) is 3.79. The summed E-state index contributed by atoms with van der Waals surface area (Å²) in [5, 5.41) is 0.124. The summed E-state index contributed by atoms with van der Waals surface area (Å²) in [5.74, 6) is 5.39.